The molecule has 1 saturated heterocycles. The van der Waals surface area contributed by atoms with Crippen LogP contribution >= 0.6 is 0 Å². The van der Waals surface area contributed by atoms with Crippen LogP contribution in [0.3, 0.4) is 0 Å². The molecule has 1 fully saturated rings. The second-order valence-corrected chi connectivity index (χ2v) is 5.96. The van der Waals surface area contributed by atoms with E-state index < -0.39 is 30.2 Å². The third-order valence-corrected chi connectivity index (χ3v) is 4.32. The Morgan fingerprint density at radius 1 is 1.07 bits per heavy atom. The van der Waals surface area contributed by atoms with Crippen molar-refractivity contribution in [3.63, 3.8) is 0 Å². The molecule has 1 heterocycles. The Kier molecular flexibility index (Phi) is 4.94. The van der Waals surface area contributed by atoms with Gasteiger partial charge in [-0.25, -0.2) is 0 Å². The molecule has 1 aliphatic heterocycles. The molecule has 0 unspecified atom stereocenters. The van der Waals surface area contributed by atoms with Gasteiger partial charge in [-0.3, -0.25) is 14.4 Å². The predicted molar refractivity (Wildman–Crippen MR) is 95.6 cm³/mol. The van der Waals surface area contributed by atoms with Gasteiger partial charge in [0.05, 0.1) is 18.7 Å². The molecule has 0 aliphatic carbocycles. The van der Waals surface area contributed by atoms with Gasteiger partial charge in [0.15, 0.2) is 0 Å². The van der Waals surface area contributed by atoms with Crippen LogP contribution in [-0.4, -0.2) is 46.4 Å². The summed E-state index contributed by atoms with van der Waals surface area (Å²) in [5.74, 6) is -2.82. The summed E-state index contributed by atoms with van der Waals surface area (Å²) >= 11 is 0. The number of rotatable bonds is 4. The summed E-state index contributed by atoms with van der Waals surface area (Å²) in [6.07, 6.45) is 0. The van der Waals surface area contributed by atoms with Crippen molar-refractivity contribution in [1.29, 1.82) is 0 Å². The average Bonchev–Trinajstić information content (AvgIpc) is 2.93. The van der Waals surface area contributed by atoms with Gasteiger partial charge in [0.1, 0.15) is 18.1 Å². The number of phenolic OH excluding ortho intramolecular Hbond substituents is 1. The molecule has 2 N–H and O–H groups in total. The van der Waals surface area contributed by atoms with Crippen LogP contribution in [0.2, 0.25) is 0 Å². The second-order valence-electron chi connectivity index (χ2n) is 5.96. The van der Waals surface area contributed by atoms with Gasteiger partial charge < -0.3 is 19.8 Å². The number of likely N-dealkylation sites (tertiary alicyclic amines) is 1. The highest BCUT2D eigenvalue weighted by Crippen LogP contribution is 2.39. The Morgan fingerprint density at radius 2 is 1.70 bits per heavy atom. The summed E-state index contributed by atoms with van der Waals surface area (Å²) in [5.41, 5.74) is 0.714. The molecule has 0 spiro atoms. The van der Waals surface area contributed by atoms with Gasteiger partial charge in [-0.1, -0.05) is 42.5 Å². The Labute approximate surface area is 155 Å². The fourth-order valence-electron chi connectivity index (χ4n) is 3.00. The van der Waals surface area contributed by atoms with Gasteiger partial charge in [-0.05, 0) is 17.7 Å². The van der Waals surface area contributed by atoms with E-state index in [0.29, 0.717) is 11.1 Å². The van der Waals surface area contributed by atoms with Crippen molar-refractivity contribution in [2.24, 2.45) is 0 Å². The van der Waals surface area contributed by atoms with Crippen molar-refractivity contribution in [3.8, 4) is 5.75 Å². The number of Topliss-reactive ketones (excluding diaryl/α,β-unsaturated/α-hetero) is 1. The second kappa shape index (κ2) is 7.33. The van der Waals surface area contributed by atoms with Crippen molar-refractivity contribution >= 4 is 23.4 Å². The van der Waals surface area contributed by atoms with Crippen molar-refractivity contribution in [2.75, 3.05) is 13.7 Å². The van der Waals surface area contributed by atoms with Gasteiger partial charge in [0.2, 0.25) is 0 Å². The van der Waals surface area contributed by atoms with E-state index in [2.05, 4.69) is 4.74 Å². The number of ketones is 1. The predicted octanol–water partition coefficient (Wildman–Crippen LogP) is 1.99. The molecule has 7 heteroatoms. The Bertz CT molecular complexity index is 917. The van der Waals surface area contributed by atoms with Crippen LogP contribution in [0.4, 0.5) is 0 Å². The highest BCUT2D eigenvalue weighted by molar-refractivity contribution is 6.46. The molecule has 138 valence electrons. The first-order chi connectivity index (χ1) is 12.9. The monoisotopic (exact) mass is 367 g/mol. The van der Waals surface area contributed by atoms with Crippen LogP contribution in [0.5, 0.6) is 5.75 Å². The standard InChI is InChI=1S/C20H17NO6/c1-27-15(23)11-21-17(12-7-9-14(22)10-8-12)16(19(25)20(21)26)18(24)13-5-3-2-4-6-13/h2-10,17,22,24H,11H2,1H3/t17-/m0/s1. The van der Waals surface area contributed by atoms with Gasteiger partial charge in [-0.15, -0.1) is 0 Å². The van der Waals surface area contributed by atoms with Gasteiger partial charge in [0.25, 0.3) is 11.7 Å². The van der Waals surface area contributed by atoms with E-state index in [0.717, 1.165) is 4.90 Å². The van der Waals surface area contributed by atoms with Crippen LogP contribution in [0.15, 0.2) is 60.2 Å². The van der Waals surface area contributed by atoms with Crippen molar-refractivity contribution < 1.29 is 29.3 Å². The average molecular weight is 367 g/mol. The maximum absolute atomic E-state index is 12.6. The number of ether oxygens (including phenoxy) is 1. The first-order valence-electron chi connectivity index (χ1n) is 8.13. The minimum absolute atomic E-state index is 0.00623. The number of hydrogen-bond donors (Lipinski definition) is 2. The van der Waals surface area contributed by atoms with Crippen molar-refractivity contribution in [1.82, 2.24) is 4.90 Å². The molecule has 2 aromatic rings. The summed E-state index contributed by atoms with van der Waals surface area (Å²) in [6, 6.07) is 13.2. The maximum Gasteiger partial charge on any atom is 0.325 e. The zero-order valence-corrected chi connectivity index (χ0v) is 14.5. The van der Waals surface area contributed by atoms with Gasteiger partial charge >= 0.3 is 5.97 Å². The molecule has 2 aromatic carbocycles. The fourth-order valence-corrected chi connectivity index (χ4v) is 3.00. The van der Waals surface area contributed by atoms with Crippen molar-refractivity contribution in [2.45, 2.75) is 6.04 Å². The zero-order valence-electron chi connectivity index (χ0n) is 14.5. The molecule has 0 aromatic heterocycles. The zero-order chi connectivity index (χ0) is 19.6. The minimum atomic E-state index is -0.982. The molecule has 0 saturated carbocycles. The fraction of sp³-hybridized carbons (Fsp3) is 0.150. The number of aliphatic hydroxyl groups is 1. The lowest BCUT2D eigenvalue weighted by atomic mass is 9.95. The number of phenols is 1. The number of nitrogens with zero attached hydrogens (tertiary/aromatic N) is 1. The number of methoxy groups -OCH3 is 1. The summed E-state index contributed by atoms with van der Waals surface area (Å²) in [6.45, 7) is -0.446. The van der Waals surface area contributed by atoms with Crippen LogP contribution in [0.25, 0.3) is 5.76 Å². The molecule has 1 amide bonds. The quantitative estimate of drug-likeness (QED) is 0.371. The minimum Gasteiger partial charge on any atom is -0.508 e. The number of carbonyl (C=O) groups is 3. The normalized spacial score (nSPS) is 18.6. The first-order valence-corrected chi connectivity index (χ1v) is 8.13. The van der Waals surface area contributed by atoms with Gasteiger partial charge in [0, 0.05) is 5.56 Å². The van der Waals surface area contributed by atoms with E-state index >= 15 is 0 Å². The number of carbonyl (C=O) groups excluding carboxylic acids is 3. The third kappa shape index (κ3) is 3.39. The van der Waals surface area contributed by atoms with Crippen molar-refractivity contribution in [3.05, 3.63) is 71.3 Å². The van der Waals surface area contributed by atoms with E-state index in [1.807, 2.05) is 0 Å². The smallest absolute Gasteiger partial charge is 0.325 e. The molecule has 0 radical (unpaired) electrons. The topological polar surface area (TPSA) is 104 Å². The molecule has 7 nitrogen and oxygen atoms in total. The summed E-state index contributed by atoms with van der Waals surface area (Å²) in [5, 5.41) is 20.2. The lowest BCUT2D eigenvalue weighted by molar-refractivity contribution is -0.148. The van der Waals surface area contributed by atoms with Crippen LogP contribution in [-0.2, 0) is 19.1 Å². The number of aliphatic hydroxyl groups excluding tert-OH is 1. The summed E-state index contributed by atoms with van der Waals surface area (Å²) in [7, 11) is 1.18. The lowest BCUT2D eigenvalue weighted by Gasteiger charge is -2.24. The Morgan fingerprint density at radius 3 is 2.30 bits per heavy atom. The van der Waals surface area contributed by atoms with E-state index in [1.54, 1.807) is 30.3 Å². The molecule has 1 atom stereocenters. The van der Waals surface area contributed by atoms with Gasteiger partial charge in [-0.2, -0.15) is 0 Å². The molecule has 1 aliphatic rings. The highest BCUT2D eigenvalue weighted by Gasteiger charge is 2.46. The van der Waals surface area contributed by atoms with E-state index in [9.17, 15) is 24.6 Å². The molecule has 27 heavy (non-hydrogen) atoms. The number of esters is 1. The summed E-state index contributed by atoms with van der Waals surface area (Å²) in [4.78, 5) is 38.0. The number of amides is 1. The first kappa shape index (κ1) is 18.2. The van der Waals surface area contributed by atoms with Crippen LogP contribution < -0.4 is 0 Å². The van der Waals surface area contributed by atoms with E-state index in [-0.39, 0.29) is 17.1 Å². The number of hydrogen-bond acceptors (Lipinski definition) is 6. The Balaban J connectivity index is 2.17. The lowest BCUT2D eigenvalue weighted by Crippen LogP contribution is -2.35. The van der Waals surface area contributed by atoms with E-state index in [4.69, 9.17) is 0 Å². The summed E-state index contributed by atoms with van der Waals surface area (Å²) < 4.78 is 4.62. The molecule has 0 bridgehead atoms. The molecular formula is C20H17NO6. The number of benzene rings is 2. The maximum atomic E-state index is 12.6. The van der Waals surface area contributed by atoms with E-state index in [1.165, 1.54) is 31.4 Å². The molecular weight excluding hydrogens is 350 g/mol. The third-order valence-electron chi connectivity index (χ3n) is 4.32. The molecule has 3 rings (SSSR count). The van der Waals surface area contributed by atoms with Crippen LogP contribution in [0.1, 0.15) is 17.2 Å². The largest absolute Gasteiger partial charge is 0.508 e. The highest BCUT2D eigenvalue weighted by atomic mass is 16.5. The van der Waals surface area contributed by atoms with Crippen LogP contribution in [0, 0.1) is 0 Å². The SMILES string of the molecule is COC(=O)CN1C(=O)C(=O)C(=C(O)c2ccccc2)[C@@H]1c1ccc(O)cc1. The Hall–Kier alpha value is -3.61. The number of aromatic hydroxyl groups is 1.